The zero-order valence-electron chi connectivity index (χ0n) is 20.3. The molecule has 2 aromatic carbocycles. The lowest BCUT2D eigenvalue weighted by atomic mass is 10.1. The number of hydrogen-bond acceptors (Lipinski definition) is 5. The van der Waals surface area contributed by atoms with Gasteiger partial charge in [-0.2, -0.15) is 0 Å². The van der Waals surface area contributed by atoms with E-state index < -0.39 is 10.0 Å². The summed E-state index contributed by atoms with van der Waals surface area (Å²) in [5, 5.41) is 3.67. The number of thioether (sulfide) groups is 1. The number of fused-ring (bicyclic) bond motifs is 1. The Morgan fingerprint density at radius 1 is 1.03 bits per heavy atom. The highest BCUT2D eigenvalue weighted by Crippen LogP contribution is 2.27. The lowest BCUT2D eigenvalue weighted by Crippen LogP contribution is -2.24. The molecule has 3 rings (SSSR count). The van der Waals surface area contributed by atoms with Crippen molar-refractivity contribution in [2.24, 2.45) is 0 Å². The average molecular weight is 503 g/mol. The number of hydrogen-bond donors (Lipinski definition) is 2. The molecule has 0 saturated heterocycles. The van der Waals surface area contributed by atoms with Gasteiger partial charge < -0.3 is 9.88 Å². The first-order valence-electron chi connectivity index (χ1n) is 11.7. The van der Waals surface area contributed by atoms with Gasteiger partial charge in [0.1, 0.15) is 0 Å². The fraction of sp³-hybridized carbons (Fsp3) is 0.440. The Morgan fingerprint density at radius 2 is 1.74 bits per heavy atom. The number of unbranched alkanes of at least 4 members (excludes halogenated alkanes) is 2. The summed E-state index contributed by atoms with van der Waals surface area (Å²) in [4.78, 5) is 17.5. The molecule has 0 aliphatic heterocycles. The van der Waals surface area contributed by atoms with Crippen molar-refractivity contribution in [3.05, 3.63) is 47.5 Å². The Bertz CT molecular complexity index is 1230. The highest BCUT2D eigenvalue weighted by Gasteiger charge is 2.18. The average Bonchev–Trinajstić information content (AvgIpc) is 3.12. The first-order valence-corrected chi connectivity index (χ1v) is 14.2. The van der Waals surface area contributed by atoms with Crippen LogP contribution in [-0.4, -0.2) is 36.2 Å². The summed E-state index contributed by atoms with van der Waals surface area (Å²) in [6, 6.07) is 11.0. The van der Waals surface area contributed by atoms with E-state index in [1.165, 1.54) is 11.8 Å². The second-order valence-electron chi connectivity index (χ2n) is 8.51. The van der Waals surface area contributed by atoms with Crippen LogP contribution in [-0.2, 0) is 21.4 Å². The van der Waals surface area contributed by atoms with Crippen molar-refractivity contribution in [2.45, 2.75) is 70.0 Å². The summed E-state index contributed by atoms with van der Waals surface area (Å²) in [6.07, 6.45) is 3.69. The van der Waals surface area contributed by atoms with E-state index >= 15 is 0 Å². The minimum absolute atomic E-state index is 0.104. The molecule has 184 valence electrons. The zero-order chi connectivity index (χ0) is 24.7. The number of benzene rings is 2. The predicted molar refractivity (Wildman–Crippen MR) is 140 cm³/mol. The van der Waals surface area contributed by atoms with E-state index in [1.54, 1.807) is 12.1 Å². The number of carbonyl (C=O) groups excluding carboxylic acids is 1. The zero-order valence-corrected chi connectivity index (χ0v) is 22.0. The molecule has 2 N–H and O–H groups in total. The SMILES string of the molecule is CCCCNS(=O)(=O)c1ccc2c(c1)nc(SCC(=O)Nc1cc(C)cc(C)c1)n2CCCC. The second-order valence-corrected chi connectivity index (χ2v) is 11.2. The Kier molecular flexibility index (Phi) is 9.16. The van der Waals surface area contributed by atoms with Gasteiger partial charge in [-0.05, 0) is 68.1 Å². The molecule has 0 aliphatic rings. The maximum Gasteiger partial charge on any atom is 0.240 e. The minimum atomic E-state index is -3.58. The van der Waals surface area contributed by atoms with Gasteiger partial charge in [0.25, 0.3) is 0 Å². The first-order chi connectivity index (χ1) is 16.2. The lowest BCUT2D eigenvalue weighted by molar-refractivity contribution is -0.113. The molecular weight excluding hydrogens is 468 g/mol. The van der Waals surface area contributed by atoms with Crippen LogP contribution in [0.4, 0.5) is 5.69 Å². The Balaban J connectivity index is 1.80. The molecule has 0 spiro atoms. The van der Waals surface area contributed by atoms with E-state index in [2.05, 4.69) is 27.6 Å². The van der Waals surface area contributed by atoms with Crippen LogP contribution in [0.25, 0.3) is 11.0 Å². The predicted octanol–water partition coefficient (Wildman–Crippen LogP) is 5.26. The summed E-state index contributed by atoms with van der Waals surface area (Å²) in [5.41, 5.74) is 4.47. The number of rotatable bonds is 12. The van der Waals surface area contributed by atoms with E-state index in [9.17, 15) is 13.2 Å². The van der Waals surface area contributed by atoms with Gasteiger partial charge in [-0.15, -0.1) is 0 Å². The molecule has 0 unspecified atom stereocenters. The van der Waals surface area contributed by atoms with Gasteiger partial charge in [0.2, 0.25) is 15.9 Å². The molecule has 9 heteroatoms. The summed E-state index contributed by atoms with van der Waals surface area (Å²) < 4.78 is 30.0. The van der Waals surface area contributed by atoms with Gasteiger partial charge in [0, 0.05) is 18.8 Å². The van der Waals surface area contributed by atoms with Crippen LogP contribution in [0.1, 0.15) is 50.7 Å². The Labute approximate surface area is 206 Å². The van der Waals surface area contributed by atoms with Crippen LogP contribution < -0.4 is 10.0 Å². The molecular formula is C25H34N4O3S2. The number of imidazole rings is 1. The van der Waals surface area contributed by atoms with Crippen LogP contribution in [0.15, 0.2) is 46.5 Å². The van der Waals surface area contributed by atoms with Gasteiger partial charge in [0.05, 0.1) is 21.7 Å². The number of nitrogens with zero attached hydrogens (tertiary/aromatic N) is 2. The van der Waals surface area contributed by atoms with E-state index in [0.29, 0.717) is 17.2 Å². The van der Waals surface area contributed by atoms with Crippen LogP contribution >= 0.6 is 11.8 Å². The normalized spacial score (nSPS) is 11.8. The van der Waals surface area contributed by atoms with Crippen LogP contribution in [0.2, 0.25) is 0 Å². The smallest absolute Gasteiger partial charge is 0.240 e. The monoisotopic (exact) mass is 502 g/mol. The third kappa shape index (κ3) is 6.84. The Morgan fingerprint density at radius 3 is 2.41 bits per heavy atom. The van der Waals surface area contributed by atoms with E-state index in [0.717, 1.165) is 54.6 Å². The standard InChI is InChI=1S/C25H34N4O3S2/c1-5-7-11-26-34(31,32)21-9-10-23-22(16-21)28-25(29(23)12-8-6-2)33-17-24(30)27-20-14-18(3)13-19(4)15-20/h9-10,13-16,26H,5-8,11-12,17H2,1-4H3,(H,27,30). The molecule has 1 amide bonds. The number of aromatic nitrogens is 2. The summed E-state index contributed by atoms with van der Waals surface area (Å²) in [7, 11) is -3.58. The molecule has 0 atom stereocenters. The quantitative estimate of drug-likeness (QED) is 0.260. The van der Waals surface area contributed by atoms with Crippen molar-refractivity contribution in [1.82, 2.24) is 14.3 Å². The summed E-state index contributed by atoms with van der Waals surface area (Å²) >= 11 is 1.36. The lowest BCUT2D eigenvalue weighted by Gasteiger charge is -2.10. The third-order valence-corrected chi connectivity index (χ3v) is 7.83. The molecule has 1 aromatic heterocycles. The van der Waals surface area contributed by atoms with E-state index in [4.69, 9.17) is 4.98 Å². The minimum Gasteiger partial charge on any atom is -0.325 e. The highest BCUT2D eigenvalue weighted by atomic mass is 32.2. The molecule has 0 radical (unpaired) electrons. The summed E-state index contributed by atoms with van der Waals surface area (Å²) in [6.45, 7) is 9.32. The highest BCUT2D eigenvalue weighted by molar-refractivity contribution is 7.99. The van der Waals surface area contributed by atoms with Gasteiger partial charge in [-0.3, -0.25) is 4.79 Å². The van der Waals surface area contributed by atoms with E-state index in [1.807, 2.05) is 39.0 Å². The molecule has 7 nitrogen and oxygen atoms in total. The fourth-order valence-corrected chi connectivity index (χ4v) is 5.67. The fourth-order valence-electron chi connectivity index (χ4n) is 3.74. The number of nitrogens with one attached hydrogen (secondary N) is 2. The molecule has 1 heterocycles. The molecule has 0 saturated carbocycles. The van der Waals surface area contributed by atoms with Crippen molar-refractivity contribution in [1.29, 1.82) is 0 Å². The van der Waals surface area contributed by atoms with Crippen LogP contribution in [0, 0.1) is 13.8 Å². The van der Waals surface area contributed by atoms with Crippen molar-refractivity contribution in [3.8, 4) is 0 Å². The number of sulfonamides is 1. The van der Waals surface area contributed by atoms with Gasteiger partial charge >= 0.3 is 0 Å². The van der Waals surface area contributed by atoms with Gasteiger partial charge in [0.15, 0.2) is 5.16 Å². The van der Waals surface area contributed by atoms with E-state index in [-0.39, 0.29) is 16.6 Å². The van der Waals surface area contributed by atoms with Crippen molar-refractivity contribution >= 4 is 44.4 Å². The Hall–Kier alpha value is -2.36. The molecule has 3 aromatic rings. The number of anilines is 1. The summed E-state index contributed by atoms with van der Waals surface area (Å²) in [5.74, 6) is 0.110. The van der Waals surface area contributed by atoms with Gasteiger partial charge in [-0.25, -0.2) is 18.1 Å². The number of aryl methyl sites for hydroxylation is 3. The van der Waals surface area contributed by atoms with Crippen LogP contribution in [0.3, 0.4) is 0 Å². The third-order valence-electron chi connectivity index (χ3n) is 5.39. The first kappa shape index (κ1) is 26.2. The molecule has 0 aliphatic carbocycles. The number of amides is 1. The van der Waals surface area contributed by atoms with Crippen molar-refractivity contribution in [3.63, 3.8) is 0 Å². The van der Waals surface area contributed by atoms with Gasteiger partial charge in [-0.1, -0.05) is 44.5 Å². The topological polar surface area (TPSA) is 93.1 Å². The maximum atomic E-state index is 12.6. The molecule has 0 fully saturated rings. The largest absolute Gasteiger partial charge is 0.325 e. The van der Waals surface area contributed by atoms with Crippen molar-refractivity contribution in [2.75, 3.05) is 17.6 Å². The number of carbonyl (C=O) groups is 1. The molecule has 0 bridgehead atoms. The second kappa shape index (κ2) is 11.9. The van der Waals surface area contributed by atoms with Crippen LogP contribution in [0.5, 0.6) is 0 Å². The molecule has 34 heavy (non-hydrogen) atoms. The van der Waals surface area contributed by atoms with Crippen molar-refractivity contribution < 1.29 is 13.2 Å². The maximum absolute atomic E-state index is 12.6.